The van der Waals surface area contributed by atoms with E-state index in [9.17, 15) is 4.79 Å². The van der Waals surface area contributed by atoms with Crippen molar-refractivity contribution in [3.05, 3.63) is 29.8 Å². The van der Waals surface area contributed by atoms with Gasteiger partial charge in [0.2, 0.25) is 0 Å². The molecule has 7 nitrogen and oxygen atoms in total. The second-order valence-corrected chi connectivity index (χ2v) is 8.00. The number of carbonyl (C=O) groups excluding carboxylic acids is 1. The van der Waals surface area contributed by atoms with Gasteiger partial charge in [-0.05, 0) is 63.4 Å². The van der Waals surface area contributed by atoms with Crippen LogP contribution >= 0.6 is 24.0 Å². The summed E-state index contributed by atoms with van der Waals surface area (Å²) in [5.41, 5.74) is 1.25. The summed E-state index contributed by atoms with van der Waals surface area (Å²) in [4.78, 5) is 21.5. The minimum absolute atomic E-state index is 0. The first-order valence-corrected chi connectivity index (χ1v) is 11.2. The van der Waals surface area contributed by atoms with E-state index in [4.69, 9.17) is 9.47 Å². The van der Waals surface area contributed by atoms with Crippen molar-refractivity contribution in [1.29, 1.82) is 0 Å². The van der Waals surface area contributed by atoms with Gasteiger partial charge in [-0.1, -0.05) is 12.1 Å². The maximum absolute atomic E-state index is 12.2. The summed E-state index contributed by atoms with van der Waals surface area (Å²) in [5, 5.41) is 3.58. The highest BCUT2D eigenvalue weighted by Crippen LogP contribution is 2.27. The molecule has 3 rings (SSSR count). The number of nitrogens with zero attached hydrogens (tertiary/aromatic N) is 3. The number of guanidine groups is 1. The van der Waals surface area contributed by atoms with Crippen LogP contribution in [-0.4, -0.2) is 75.2 Å². The lowest BCUT2D eigenvalue weighted by atomic mass is 9.98. The first-order valence-electron chi connectivity index (χ1n) is 11.2. The van der Waals surface area contributed by atoms with E-state index in [1.807, 2.05) is 20.0 Å². The number of benzene rings is 1. The fourth-order valence-corrected chi connectivity index (χ4v) is 4.50. The van der Waals surface area contributed by atoms with Crippen LogP contribution in [0.1, 0.15) is 44.2 Å². The minimum atomic E-state index is -0.0935. The molecule has 0 amide bonds. The number of methoxy groups -OCH3 is 1. The average Bonchev–Trinajstić information content (AvgIpc) is 3.31. The molecule has 2 aliphatic rings. The zero-order valence-electron chi connectivity index (χ0n) is 19.0. The van der Waals surface area contributed by atoms with E-state index < -0.39 is 0 Å². The molecule has 0 bridgehead atoms. The van der Waals surface area contributed by atoms with Gasteiger partial charge in [-0.3, -0.25) is 14.7 Å². The van der Waals surface area contributed by atoms with Crippen molar-refractivity contribution in [2.75, 3.05) is 53.5 Å². The molecule has 1 N–H and O–H groups in total. The summed E-state index contributed by atoms with van der Waals surface area (Å²) >= 11 is 0. The molecular formula is C23H37IN4O3. The summed E-state index contributed by atoms with van der Waals surface area (Å²) in [5.74, 6) is 1.57. The van der Waals surface area contributed by atoms with Crippen molar-refractivity contribution in [2.24, 2.45) is 10.9 Å². The van der Waals surface area contributed by atoms with Crippen LogP contribution < -0.4 is 10.1 Å². The standard InChI is InChI=1S/C23H36N4O3.HI/c1-4-30-22(28)19-10-8-14-27(17-19)23(24-2)25-16-21(26-12-5-6-13-26)18-9-7-11-20(15-18)29-3;/h7,9,11,15,19,21H,4-6,8,10,12-14,16-17H2,1-3H3,(H,24,25);1H. The maximum atomic E-state index is 12.2. The van der Waals surface area contributed by atoms with Crippen LogP contribution in [0.4, 0.5) is 0 Å². The number of carbonyl (C=O) groups is 1. The molecule has 2 heterocycles. The fraction of sp³-hybridized carbons (Fsp3) is 0.652. The SMILES string of the molecule is CCOC(=O)C1CCCN(C(=NC)NCC(c2cccc(OC)c2)N2CCCC2)C1.I. The normalized spacial score (nSPS) is 20.7. The summed E-state index contributed by atoms with van der Waals surface area (Å²) in [7, 11) is 3.52. The highest BCUT2D eigenvalue weighted by Gasteiger charge is 2.29. The van der Waals surface area contributed by atoms with Gasteiger partial charge in [-0.2, -0.15) is 0 Å². The third-order valence-corrected chi connectivity index (χ3v) is 6.07. The number of nitrogens with one attached hydrogen (secondary N) is 1. The molecule has 0 saturated carbocycles. The van der Waals surface area contributed by atoms with Gasteiger partial charge in [0, 0.05) is 26.7 Å². The van der Waals surface area contributed by atoms with Crippen molar-refractivity contribution < 1.29 is 14.3 Å². The van der Waals surface area contributed by atoms with Crippen LogP contribution in [0.2, 0.25) is 0 Å². The predicted molar refractivity (Wildman–Crippen MR) is 134 cm³/mol. The van der Waals surface area contributed by atoms with E-state index in [1.165, 1.54) is 18.4 Å². The van der Waals surface area contributed by atoms with Crippen molar-refractivity contribution in [3.8, 4) is 5.75 Å². The third kappa shape index (κ3) is 6.97. The first-order chi connectivity index (χ1) is 14.7. The Kier molecular flexibility index (Phi) is 10.9. The Balaban J connectivity index is 0.00000341. The van der Waals surface area contributed by atoms with Gasteiger partial charge in [-0.25, -0.2) is 0 Å². The predicted octanol–water partition coefficient (Wildman–Crippen LogP) is 3.30. The molecule has 0 aliphatic carbocycles. The fourth-order valence-electron chi connectivity index (χ4n) is 4.50. The van der Waals surface area contributed by atoms with Gasteiger partial charge in [-0.15, -0.1) is 24.0 Å². The summed E-state index contributed by atoms with van der Waals surface area (Å²) < 4.78 is 10.7. The summed E-state index contributed by atoms with van der Waals surface area (Å²) in [6.45, 7) is 6.83. The van der Waals surface area contributed by atoms with E-state index in [-0.39, 0.29) is 41.9 Å². The molecule has 0 spiro atoms. The number of esters is 1. The topological polar surface area (TPSA) is 66.4 Å². The molecule has 2 atom stereocenters. The molecular weight excluding hydrogens is 507 g/mol. The number of rotatable bonds is 7. The second kappa shape index (κ2) is 13.1. The number of piperidine rings is 1. The molecule has 2 fully saturated rings. The van der Waals surface area contributed by atoms with Gasteiger partial charge in [0.15, 0.2) is 5.96 Å². The Bertz CT molecular complexity index is 725. The molecule has 0 aromatic heterocycles. The lowest BCUT2D eigenvalue weighted by molar-refractivity contribution is -0.149. The molecule has 174 valence electrons. The van der Waals surface area contributed by atoms with Gasteiger partial charge in [0.1, 0.15) is 5.75 Å². The quantitative estimate of drug-likeness (QED) is 0.246. The smallest absolute Gasteiger partial charge is 0.310 e. The van der Waals surface area contributed by atoms with Crippen molar-refractivity contribution in [3.63, 3.8) is 0 Å². The molecule has 2 aliphatic heterocycles. The molecule has 1 aromatic rings. The number of hydrogen-bond donors (Lipinski definition) is 1. The van der Waals surface area contributed by atoms with Crippen LogP contribution in [0, 0.1) is 5.92 Å². The highest BCUT2D eigenvalue weighted by atomic mass is 127. The Morgan fingerprint density at radius 1 is 1.26 bits per heavy atom. The monoisotopic (exact) mass is 544 g/mol. The Morgan fingerprint density at radius 3 is 2.71 bits per heavy atom. The van der Waals surface area contributed by atoms with Crippen molar-refractivity contribution in [2.45, 2.75) is 38.6 Å². The third-order valence-electron chi connectivity index (χ3n) is 6.07. The second-order valence-electron chi connectivity index (χ2n) is 8.00. The van der Waals surface area contributed by atoms with E-state index in [1.54, 1.807) is 7.11 Å². The van der Waals surface area contributed by atoms with Gasteiger partial charge >= 0.3 is 5.97 Å². The first kappa shape index (κ1) is 25.7. The van der Waals surface area contributed by atoms with Crippen LogP contribution in [0.3, 0.4) is 0 Å². The Hall–Kier alpha value is -1.55. The van der Waals surface area contributed by atoms with Gasteiger partial charge < -0.3 is 19.7 Å². The largest absolute Gasteiger partial charge is 0.497 e. The van der Waals surface area contributed by atoms with Gasteiger partial charge in [0.05, 0.1) is 25.7 Å². The minimum Gasteiger partial charge on any atom is -0.497 e. The van der Waals surface area contributed by atoms with Crippen LogP contribution in [0.25, 0.3) is 0 Å². The molecule has 31 heavy (non-hydrogen) atoms. The Labute approximate surface area is 203 Å². The molecule has 1 aromatic carbocycles. The highest BCUT2D eigenvalue weighted by molar-refractivity contribution is 14.0. The zero-order chi connectivity index (χ0) is 21.3. The Morgan fingerprint density at radius 2 is 2.03 bits per heavy atom. The lowest BCUT2D eigenvalue weighted by Gasteiger charge is -2.35. The van der Waals surface area contributed by atoms with Crippen LogP contribution in [-0.2, 0) is 9.53 Å². The molecule has 8 heteroatoms. The molecule has 2 saturated heterocycles. The molecule has 2 unspecified atom stereocenters. The molecule has 0 radical (unpaired) electrons. The summed E-state index contributed by atoms with van der Waals surface area (Å²) in [6, 6.07) is 8.60. The number of aliphatic imine (C=N–C) groups is 1. The number of halogens is 1. The number of ether oxygens (including phenoxy) is 2. The van der Waals surface area contributed by atoms with Crippen molar-refractivity contribution >= 4 is 35.9 Å². The number of likely N-dealkylation sites (tertiary alicyclic amines) is 2. The maximum Gasteiger partial charge on any atom is 0.310 e. The zero-order valence-corrected chi connectivity index (χ0v) is 21.3. The van der Waals surface area contributed by atoms with E-state index >= 15 is 0 Å². The number of hydrogen-bond acceptors (Lipinski definition) is 5. The van der Waals surface area contributed by atoms with E-state index in [0.29, 0.717) is 13.2 Å². The van der Waals surface area contributed by atoms with Crippen LogP contribution in [0.15, 0.2) is 29.3 Å². The summed E-state index contributed by atoms with van der Waals surface area (Å²) in [6.07, 6.45) is 4.33. The lowest BCUT2D eigenvalue weighted by Crippen LogP contribution is -2.50. The van der Waals surface area contributed by atoms with E-state index in [2.05, 4.69) is 38.3 Å². The average molecular weight is 544 g/mol. The van der Waals surface area contributed by atoms with Crippen molar-refractivity contribution in [1.82, 2.24) is 15.1 Å². The van der Waals surface area contributed by atoms with Gasteiger partial charge in [0.25, 0.3) is 0 Å². The van der Waals surface area contributed by atoms with E-state index in [0.717, 1.165) is 50.7 Å². The van der Waals surface area contributed by atoms with Crippen LogP contribution in [0.5, 0.6) is 5.75 Å².